The number of ketones is 1. The van der Waals surface area contributed by atoms with Crippen LogP contribution in [0.15, 0.2) is 36.4 Å². The quantitative estimate of drug-likeness (QED) is 0.0717. The molecular weight excluding hydrogens is 648 g/mol. The van der Waals surface area contributed by atoms with Crippen molar-refractivity contribution in [1.82, 2.24) is 0 Å². The molecule has 0 aromatic heterocycles. The van der Waals surface area contributed by atoms with Crippen LogP contribution >= 0.6 is 0 Å². The van der Waals surface area contributed by atoms with Gasteiger partial charge < -0.3 is 4.34 Å². The molecule has 45 heavy (non-hydrogen) atoms. The summed E-state index contributed by atoms with van der Waals surface area (Å²) in [6.45, 7) is 0. The molecule has 4 aromatic carbocycles. The standard InChI is InChI=1S/C28H8BF15O/c30-14-11(15(31)21(37)26(42)20(14)36)9-6-10(8-4-2-1-3-5-8)45-29(7-9,12-16(32)22(38)27(43)23(39)17(12)33)13-18(34)24(40)28(44)25(41)19(13)35/h1-6H,7H2. The van der Waals surface area contributed by atoms with Crippen LogP contribution in [0.5, 0.6) is 0 Å². The van der Waals surface area contributed by atoms with Gasteiger partial charge in [0.05, 0.1) is 11.1 Å². The van der Waals surface area contributed by atoms with Gasteiger partial charge in [-0.2, -0.15) is 0 Å². The van der Waals surface area contributed by atoms with Crippen molar-refractivity contribution < 1.29 is 70.2 Å². The first-order chi connectivity index (χ1) is 21.1. The molecule has 0 saturated heterocycles. The minimum atomic E-state index is -5.20. The first-order valence-electron chi connectivity index (χ1n) is 12.1. The molecule has 4 aromatic rings. The highest BCUT2D eigenvalue weighted by Crippen LogP contribution is 2.38. The average Bonchev–Trinajstić information content (AvgIpc) is 3.03. The molecule has 0 fully saturated rings. The second-order valence-corrected chi connectivity index (χ2v) is 9.59. The molecule has 1 aliphatic rings. The van der Waals surface area contributed by atoms with E-state index in [9.17, 15) is 39.5 Å². The van der Waals surface area contributed by atoms with Crippen molar-refractivity contribution in [1.29, 1.82) is 0 Å². The van der Waals surface area contributed by atoms with E-state index in [1.807, 2.05) is 0 Å². The molecule has 0 amide bonds. The molecule has 1 aliphatic heterocycles. The van der Waals surface area contributed by atoms with E-state index >= 15 is 26.3 Å². The topological polar surface area (TPSA) is 11.3 Å². The number of hydrogen-bond acceptors (Lipinski definition) is 0. The van der Waals surface area contributed by atoms with Crippen molar-refractivity contribution in [2.75, 3.05) is 0 Å². The van der Waals surface area contributed by atoms with Gasteiger partial charge in [0.2, 0.25) is 5.82 Å². The third-order valence-electron chi connectivity index (χ3n) is 7.15. The highest BCUT2D eigenvalue weighted by Gasteiger charge is 2.57. The van der Waals surface area contributed by atoms with E-state index < -0.39 is 133 Å². The molecule has 0 spiro atoms. The molecule has 17 heteroatoms. The number of allylic oxidation sites excluding steroid dienone is 2. The number of benzene rings is 4. The fourth-order valence-corrected chi connectivity index (χ4v) is 5.16. The molecule has 0 bridgehead atoms. The Morgan fingerprint density at radius 2 is 0.756 bits per heavy atom. The molecule has 1 nitrogen and oxygen atoms in total. The van der Waals surface area contributed by atoms with Gasteiger partial charge >= 0.3 is 6.35 Å². The zero-order valence-corrected chi connectivity index (χ0v) is 21.3. The maximum absolute atomic E-state index is 15.4. The highest BCUT2D eigenvalue weighted by atomic mass is 19.2. The van der Waals surface area contributed by atoms with Crippen LogP contribution in [0.1, 0.15) is 15.5 Å². The zero-order valence-electron chi connectivity index (χ0n) is 21.3. The van der Waals surface area contributed by atoms with Crippen molar-refractivity contribution in [2.24, 2.45) is 0 Å². The van der Waals surface area contributed by atoms with E-state index in [4.69, 9.17) is 4.34 Å². The summed E-state index contributed by atoms with van der Waals surface area (Å²) in [6, 6.07) is 5.71. The van der Waals surface area contributed by atoms with Gasteiger partial charge in [0.15, 0.2) is 58.2 Å². The lowest BCUT2D eigenvalue weighted by Crippen LogP contribution is -2.64. The molecule has 0 aliphatic carbocycles. The van der Waals surface area contributed by atoms with Crippen molar-refractivity contribution >= 4 is 28.6 Å². The van der Waals surface area contributed by atoms with Crippen LogP contribution in [0, 0.1) is 87.3 Å². The predicted octanol–water partition coefficient (Wildman–Crippen LogP) is 7.35. The van der Waals surface area contributed by atoms with Crippen LogP contribution in [0.25, 0.3) is 5.57 Å². The maximum Gasteiger partial charge on any atom is 0.476 e. The van der Waals surface area contributed by atoms with E-state index in [0.29, 0.717) is 6.08 Å². The monoisotopic (exact) mass is 656 g/mol. The number of rotatable bonds is 4. The number of hydrogen-bond donors (Lipinski definition) is 0. The lowest BCUT2D eigenvalue weighted by atomic mass is 9.28. The summed E-state index contributed by atoms with van der Waals surface area (Å²) in [5, 5.41) is 0. The second kappa shape index (κ2) is 11.0. The number of halogens is 15. The summed E-state index contributed by atoms with van der Waals surface area (Å²) < 4.78 is 225. The van der Waals surface area contributed by atoms with Crippen LogP contribution in [0.2, 0.25) is 6.32 Å². The van der Waals surface area contributed by atoms with Crippen LogP contribution < -0.4 is 10.9 Å². The Kier molecular flexibility index (Phi) is 7.78. The first-order valence-corrected chi connectivity index (χ1v) is 12.1. The normalized spacial score (nSPS) is 14.5. The molecule has 0 unspecified atom stereocenters. The van der Waals surface area contributed by atoms with E-state index in [2.05, 4.69) is 0 Å². The summed E-state index contributed by atoms with van der Waals surface area (Å²) >= 11 is 0. The fourth-order valence-electron chi connectivity index (χ4n) is 5.16. The Bertz CT molecular complexity index is 1830. The van der Waals surface area contributed by atoms with Crippen LogP contribution in [0.4, 0.5) is 65.9 Å². The summed E-state index contributed by atoms with van der Waals surface area (Å²) in [5.41, 5.74) is -8.45. The van der Waals surface area contributed by atoms with E-state index in [0.717, 1.165) is 12.1 Å². The van der Waals surface area contributed by atoms with E-state index in [1.54, 1.807) is 0 Å². The van der Waals surface area contributed by atoms with Crippen molar-refractivity contribution in [2.45, 2.75) is 6.32 Å². The van der Waals surface area contributed by atoms with Crippen molar-refractivity contribution in [3.8, 4) is 0 Å². The van der Waals surface area contributed by atoms with Gasteiger partial charge in [-0.15, -0.1) is 0 Å². The third kappa shape index (κ3) is 4.58. The van der Waals surface area contributed by atoms with Crippen LogP contribution in [-0.4, -0.2) is 12.1 Å². The lowest BCUT2D eigenvalue weighted by molar-refractivity contribution is -0.0949. The Labute approximate surface area is 240 Å². The maximum atomic E-state index is 15.4. The molecular formula is C28H8BF15O. The molecule has 234 valence electrons. The second-order valence-electron chi connectivity index (χ2n) is 9.59. The fraction of sp³-hybridized carbons (Fsp3) is 0.0357. The Morgan fingerprint density at radius 3 is 1.13 bits per heavy atom. The molecule has 0 saturated carbocycles. The largest absolute Gasteiger partial charge is 0.529 e. The lowest BCUT2D eigenvalue weighted by Gasteiger charge is -2.33. The molecule has 5 rings (SSSR count). The van der Waals surface area contributed by atoms with Gasteiger partial charge in [0.25, 0.3) is 5.78 Å². The van der Waals surface area contributed by atoms with Crippen LogP contribution in [-0.2, 0) is 0 Å². The van der Waals surface area contributed by atoms with Gasteiger partial charge in [-0.25, -0.2) is 65.9 Å². The SMILES string of the molecule is Fc1c(F)c(F)c(C2=CC(c3ccccc3)=[O+][B-](c3c(F)c(F)c(F)c(F)c3F)(c3c(F)c(F)c(F)c(F)c3F)C2)c(F)c1F. The minimum absolute atomic E-state index is 0.391. The number of carbonyl (C=O) groups excluding carboxylic acids is 1. The predicted molar refractivity (Wildman–Crippen MR) is 127 cm³/mol. The van der Waals surface area contributed by atoms with Gasteiger partial charge in [-0.3, -0.25) is 0 Å². The van der Waals surface area contributed by atoms with Crippen molar-refractivity contribution in [3.05, 3.63) is 135 Å². The average molecular weight is 656 g/mol. The zero-order chi connectivity index (χ0) is 33.3. The third-order valence-corrected chi connectivity index (χ3v) is 7.15. The van der Waals surface area contributed by atoms with E-state index in [-0.39, 0.29) is 0 Å². The molecule has 0 radical (unpaired) electrons. The Hall–Kier alpha value is -4.70. The summed E-state index contributed by atoms with van der Waals surface area (Å²) in [6.07, 6.45) is -6.75. The summed E-state index contributed by atoms with van der Waals surface area (Å²) in [7, 11) is 0. The first kappa shape index (κ1) is 31.7. The highest BCUT2D eigenvalue weighted by molar-refractivity contribution is 6.97. The van der Waals surface area contributed by atoms with E-state index in [1.165, 1.54) is 18.2 Å². The minimum Gasteiger partial charge on any atom is -0.529 e. The Balaban J connectivity index is 2.05. The van der Waals surface area contributed by atoms with Gasteiger partial charge in [0.1, 0.15) is 23.3 Å². The smallest absolute Gasteiger partial charge is 0.476 e. The van der Waals surface area contributed by atoms with Crippen molar-refractivity contribution in [3.63, 3.8) is 0 Å². The van der Waals surface area contributed by atoms with Gasteiger partial charge in [-0.1, -0.05) is 23.8 Å². The molecule has 0 N–H and O–H groups in total. The summed E-state index contributed by atoms with van der Waals surface area (Å²) in [4.78, 5) is 0. The van der Waals surface area contributed by atoms with Crippen LogP contribution in [0.3, 0.4) is 0 Å². The summed E-state index contributed by atoms with van der Waals surface area (Å²) in [5.74, 6) is -43.0. The van der Waals surface area contributed by atoms with Gasteiger partial charge in [-0.05, 0) is 29.4 Å². The molecule has 1 heterocycles. The Morgan fingerprint density at radius 1 is 0.422 bits per heavy atom. The van der Waals surface area contributed by atoms with Gasteiger partial charge in [0, 0.05) is 6.08 Å². The molecule has 0 atom stereocenters.